The summed E-state index contributed by atoms with van der Waals surface area (Å²) in [7, 11) is 1.54. The minimum absolute atomic E-state index is 0.186. The third-order valence-corrected chi connectivity index (χ3v) is 3.26. The van der Waals surface area contributed by atoms with Gasteiger partial charge in [-0.1, -0.05) is 15.9 Å². The molecule has 0 spiro atoms. The van der Waals surface area contributed by atoms with Gasteiger partial charge in [0.05, 0.1) is 0 Å². The lowest BCUT2D eigenvalue weighted by atomic mass is 10.2. The summed E-state index contributed by atoms with van der Waals surface area (Å²) in [6.07, 6.45) is 0. The largest absolute Gasteiger partial charge is 0.341 e. The van der Waals surface area contributed by atoms with Crippen molar-refractivity contribution in [3.05, 3.63) is 58.6 Å². The quantitative estimate of drug-likeness (QED) is 0.795. The molecule has 0 radical (unpaired) electrons. The molecular weight excluding hydrogens is 334 g/mol. The summed E-state index contributed by atoms with van der Waals surface area (Å²) in [4.78, 5) is 23.2. The lowest BCUT2D eigenvalue weighted by molar-refractivity contribution is 0.102. The van der Waals surface area contributed by atoms with E-state index in [1.165, 1.54) is 0 Å². The Morgan fingerprint density at radius 1 is 0.857 bits per heavy atom. The van der Waals surface area contributed by atoms with Crippen molar-refractivity contribution < 1.29 is 9.59 Å². The Morgan fingerprint density at radius 3 is 1.90 bits per heavy atom. The maximum Gasteiger partial charge on any atom is 0.318 e. The molecule has 0 aromatic heterocycles. The topological polar surface area (TPSA) is 70.2 Å². The monoisotopic (exact) mass is 347 g/mol. The van der Waals surface area contributed by atoms with Gasteiger partial charge in [0.25, 0.3) is 5.91 Å². The van der Waals surface area contributed by atoms with Crippen LogP contribution in [0.5, 0.6) is 0 Å². The Hall–Kier alpha value is -2.34. The van der Waals surface area contributed by atoms with E-state index < -0.39 is 0 Å². The molecule has 3 N–H and O–H groups in total. The molecule has 21 heavy (non-hydrogen) atoms. The number of carbonyl (C=O) groups is 2. The lowest BCUT2D eigenvalue weighted by Gasteiger charge is -2.07. The molecule has 108 valence electrons. The summed E-state index contributed by atoms with van der Waals surface area (Å²) < 4.78 is 0.920. The number of anilines is 2. The smallest absolute Gasteiger partial charge is 0.318 e. The summed E-state index contributed by atoms with van der Waals surface area (Å²) in [6, 6.07) is 13.7. The molecule has 0 aliphatic carbocycles. The molecule has 6 heteroatoms. The molecule has 0 atom stereocenters. The number of urea groups is 1. The maximum atomic E-state index is 12.0. The molecule has 0 aliphatic rings. The number of nitrogens with one attached hydrogen (secondary N) is 3. The molecule has 0 heterocycles. The van der Waals surface area contributed by atoms with Gasteiger partial charge in [-0.2, -0.15) is 0 Å². The van der Waals surface area contributed by atoms with Gasteiger partial charge in [-0.25, -0.2) is 4.79 Å². The zero-order valence-electron chi connectivity index (χ0n) is 11.3. The van der Waals surface area contributed by atoms with Crippen LogP contribution < -0.4 is 16.0 Å². The first-order valence-corrected chi connectivity index (χ1v) is 7.03. The van der Waals surface area contributed by atoms with E-state index in [1.54, 1.807) is 43.4 Å². The Morgan fingerprint density at radius 2 is 1.38 bits per heavy atom. The third-order valence-electron chi connectivity index (χ3n) is 2.73. The highest BCUT2D eigenvalue weighted by atomic mass is 79.9. The van der Waals surface area contributed by atoms with Crippen molar-refractivity contribution in [3.63, 3.8) is 0 Å². The van der Waals surface area contributed by atoms with E-state index >= 15 is 0 Å². The number of halogens is 1. The number of hydrogen-bond donors (Lipinski definition) is 3. The minimum Gasteiger partial charge on any atom is -0.341 e. The van der Waals surface area contributed by atoms with Gasteiger partial charge >= 0.3 is 6.03 Å². The van der Waals surface area contributed by atoms with Crippen LogP contribution in [0, 0.1) is 0 Å². The first-order valence-electron chi connectivity index (χ1n) is 6.24. The van der Waals surface area contributed by atoms with Crippen molar-refractivity contribution in [2.75, 3.05) is 17.7 Å². The van der Waals surface area contributed by atoms with E-state index in [0.29, 0.717) is 16.9 Å². The Balaban J connectivity index is 2.01. The molecule has 0 saturated heterocycles. The molecule has 2 aromatic rings. The minimum atomic E-state index is -0.290. The normalized spacial score (nSPS) is 9.81. The van der Waals surface area contributed by atoms with Crippen LogP contribution in [0.3, 0.4) is 0 Å². The van der Waals surface area contributed by atoms with Gasteiger partial charge in [0.15, 0.2) is 0 Å². The first kappa shape index (κ1) is 15.1. The highest BCUT2D eigenvalue weighted by molar-refractivity contribution is 9.10. The first-order chi connectivity index (χ1) is 10.1. The summed E-state index contributed by atoms with van der Waals surface area (Å²) in [5.41, 5.74) is 1.88. The van der Waals surface area contributed by atoms with Crippen LogP contribution in [0.1, 0.15) is 10.4 Å². The standard InChI is InChI=1S/C15H14BrN3O2/c1-17-15(21)19-13-8-6-12(7-9-13)18-14(20)10-2-4-11(16)5-3-10/h2-9H,1H3,(H,18,20)(H2,17,19,21). The average Bonchev–Trinajstić information content (AvgIpc) is 2.49. The fourth-order valence-electron chi connectivity index (χ4n) is 1.64. The van der Waals surface area contributed by atoms with Gasteiger partial charge < -0.3 is 16.0 Å². The number of benzene rings is 2. The molecule has 3 amide bonds. The van der Waals surface area contributed by atoms with Crippen LogP contribution in [-0.2, 0) is 0 Å². The van der Waals surface area contributed by atoms with Gasteiger partial charge in [0.1, 0.15) is 0 Å². The van der Waals surface area contributed by atoms with Crippen LogP contribution in [0.15, 0.2) is 53.0 Å². The van der Waals surface area contributed by atoms with Gasteiger partial charge in [0, 0.05) is 28.5 Å². The van der Waals surface area contributed by atoms with E-state index in [9.17, 15) is 9.59 Å². The van der Waals surface area contributed by atoms with E-state index in [-0.39, 0.29) is 11.9 Å². The molecule has 2 aromatic carbocycles. The van der Waals surface area contributed by atoms with Crippen LogP contribution in [0.25, 0.3) is 0 Å². The van der Waals surface area contributed by atoms with Crippen LogP contribution >= 0.6 is 15.9 Å². The second-order valence-corrected chi connectivity index (χ2v) is 5.16. The maximum absolute atomic E-state index is 12.0. The van der Waals surface area contributed by atoms with Crippen LogP contribution in [0.4, 0.5) is 16.2 Å². The summed E-state index contributed by atoms with van der Waals surface area (Å²) in [5, 5.41) is 7.89. The van der Waals surface area contributed by atoms with Crippen molar-refractivity contribution in [1.29, 1.82) is 0 Å². The fourth-order valence-corrected chi connectivity index (χ4v) is 1.90. The molecule has 0 fully saturated rings. The van der Waals surface area contributed by atoms with E-state index in [1.807, 2.05) is 12.1 Å². The molecular formula is C15H14BrN3O2. The number of amides is 3. The predicted molar refractivity (Wildman–Crippen MR) is 86.6 cm³/mol. The lowest BCUT2D eigenvalue weighted by Crippen LogP contribution is -2.24. The highest BCUT2D eigenvalue weighted by Crippen LogP contribution is 2.16. The molecule has 0 bridgehead atoms. The number of hydrogen-bond acceptors (Lipinski definition) is 2. The highest BCUT2D eigenvalue weighted by Gasteiger charge is 2.06. The van der Waals surface area contributed by atoms with Gasteiger partial charge in [-0.05, 0) is 48.5 Å². The van der Waals surface area contributed by atoms with Crippen molar-refractivity contribution in [2.45, 2.75) is 0 Å². The van der Waals surface area contributed by atoms with Gasteiger partial charge in [-0.3, -0.25) is 4.79 Å². The van der Waals surface area contributed by atoms with E-state index in [0.717, 1.165) is 4.47 Å². The molecule has 0 aliphatic heterocycles. The van der Waals surface area contributed by atoms with Crippen LogP contribution in [-0.4, -0.2) is 19.0 Å². The van der Waals surface area contributed by atoms with Crippen molar-refractivity contribution in [1.82, 2.24) is 5.32 Å². The van der Waals surface area contributed by atoms with Crippen molar-refractivity contribution in [2.24, 2.45) is 0 Å². The Kier molecular flexibility index (Phi) is 4.94. The second kappa shape index (κ2) is 6.90. The third kappa shape index (κ3) is 4.32. The summed E-state index contributed by atoms with van der Waals surface area (Å²) >= 11 is 3.32. The average molecular weight is 348 g/mol. The Bertz CT molecular complexity index is 639. The van der Waals surface area contributed by atoms with E-state index in [4.69, 9.17) is 0 Å². The molecule has 2 rings (SSSR count). The fraction of sp³-hybridized carbons (Fsp3) is 0.0667. The van der Waals surface area contributed by atoms with Crippen molar-refractivity contribution in [3.8, 4) is 0 Å². The molecule has 0 unspecified atom stereocenters. The zero-order chi connectivity index (χ0) is 15.2. The number of carbonyl (C=O) groups excluding carboxylic acids is 2. The van der Waals surface area contributed by atoms with E-state index in [2.05, 4.69) is 31.9 Å². The van der Waals surface area contributed by atoms with Gasteiger partial charge in [0.2, 0.25) is 0 Å². The predicted octanol–water partition coefficient (Wildman–Crippen LogP) is 3.45. The second-order valence-electron chi connectivity index (χ2n) is 4.24. The molecule has 0 saturated carbocycles. The summed E-state index contributed by atoms with van der Waals surface area (Å²) in [6.45, 7) is 0. The van der Waals surface area contributed by atoms with Gasteiger partial charge in [-0.15, -0.1) is 0 Å². The summed E-state index contributed by atoms with van der Waals surface area (Å²) in [5.74, 6) is -0.186. The number of rotatable bonds is 3. The Labute approximate surface area is 130 Å². The van der Waals surface area contributed by atoms with Crippen LogP contribution in [0.2, 0.25) is 0 Å². The zero-order valence-corrected chi connectivity index (χ0v) is 12.9. The SMILES string of the molecule is CNC(=O)Nc1ccc(NC(=O)c2ccc(Br)cc2)cc1. The molecule has 5 nitrogen and oxygen atoms in total. The van der Waals surface area contributed by atoms with Crippen molar-refractivity contribution >= 4 is 39.2 Å².